The lowest BCUT2D eigenvalue weighted by Crippen LogP contribution is -2.14. The van der Waals surface area contributed by atoms with Gasteiger partial charge in [0.2, 0.25) is 5.89 Å². The molecule has 0 bridgehead atoms. The van der Waals surface area contributed by atoms with Crippen molar-refractivity contribution in [1.29, 1.82) is 0 Å². The first kappa shape index (κ1) is 13.9. The van der Waals surface area contributed by atoms with E-state index in [4.69, 9.17) is 21.9 Å². The molecular formula is C14H16ClN3OS. The summed E-state index contributed by atoms with van der Waals surface area (Å²) in [7, 11) is 0. The molecular weight excluding hydrogens is 294 g/mol. The summed E-state index contributed by atoms with van der Waals surface area (Å²) in [4.78, 5) is 5.62. The molecule has 1 aliphatic rings. The van der Waals surface area contributed by atoms with Gasteiger partial charge in [0.15, 0.2) is 5.82 Å². The van der Waals surface area contributed by atoms with Gasteiger partial charge in [-0.25, -0.2) is 0 Å². The third-order valence-corrected chi connectivity index (χ3v) is 4.75. The molecule has 1 fully saturated rings. The standard InChI is InChI=1S/C14H16ClN3OS/c15-10-2-5-12(6-3-10)20-8-13-17-14(19-18-13)9-1-4-11(16)7-9/h2-3,5-6,9,11H,1,4,7-8,16H2. The van der Waals surface area contributed by atoms with E-state index in [1.54, 1.807) is 11.8 Å². The van der Waals surface area contributed by atoms with Crippen molar-refractivity contribution in [1.82, 2.24) is 10.1 Å². The van der Waals surface area contributed by atoms with Gasteiger partial charge in [0.1, 0.15) is 0 Å². The Morgan fingerprint density at radius 2 is 2.10 bits per heavy atom. The van der Waals surface area contributed by atoms with Gasteiger partial charge in [0.25, 0.3) is 0 Å². The highest BCUT2D eigenvalue weighted by Gasteiger charge is 2.27. The Bertz CT molecular complexity index is 572. The summed E-state index contributed by atoms with van der Waals surface area (Å²) in [6.45, 7) is 0. The molecule has 0 aliphatic heterocycles. The lowest BCUT2D eigenvalue weighted by atomic mass is 10.1. The Balaban J connectivity index is 1.58. The van der Waals surface area contributed by atoms with Gasteiger partial charge in [-0.15, -0.1) is 11.8 Å². The van der Waals surface area contributed by atoms with Crippen LogP contribution in [0.1, 0.15) is 36.9 Å². The summed E-state index contributed by atoms with van der Waals surface area (Å²) in [6, 6.07) is 8.02. The van der Waals surface area contributed by atoms with E-state index in [9.17, 15) is 0 Å². The maximum atomic E-state index is 5.91. The minimum absolute atomic E-state index is 0.277. The summed E-state index contributed by atoms with van der Waals surface area (Å²) in [5.41, 5.74) is 5.91. The van der Waals surface area contributed by atoms with Crippen LogP contribution < -0.4 is 5.73 Å². The van der Waals surface area contributed by atoms with Gasteiger partial charge in [0, 0.05) is 21.9 Å². The molecule has 2 aromatic rings. The highest BCUT2D eigenvalue weighted by Crippen LogP contribution is 2.33. The highest BCUT2D eigenvalue weighted by molar-refractivity contribution is 7.98. The number of thioether (sulfide) groups is 1. The zero-order valence-corrected chi connectivity index (χ0v) is 12.5. The topological polar surface area (TPSA) is 64.9 Å². The molecule has 3 rings (SSSR count). The van der Waals surface area contributed by atoms with Crippen LogP contribution in [0.25, 0.3) is 0 Å². The van der Waals surface area contributed by atoms with Crippen LogP contribution in [0.3, 0.4) is 0 Å². The second-order valence-electron chi connectivity index (χ2n) is 5.06. The number of hydrogen-bond donors (Lipinski definition) is 1. The molecule has 1 aromatic carbocycles. The van der Waals surface area contributed by atoms with E-state index < -0.39 is 0 Å². The number of nitrogens with two attached hydrogens (primary N) is 1. The van der Waals surface area contributed by atoms with E-state index in [2.05, 4.69) is 10.1 Å². The van der Waals surface area contributed by atoms with Crippen LogP contribution in [0.15, 0.2) is 33.7 Å². The number of halogens is 1. The maximum absolute atomic E-state index is 5.91. The van der Waals surface area contributed by atoms with Crippen LogP contribution in [-0.4, -0.2) is 16.2 Å². The molecule has 4 nitrogen and oxygen atoms in total. The smallest absolute Gasteiger partial charge is 0.229 e. The minimum Gasteiger partial charge on any atom is -0.339 e. The number of rotatable bonds is 4. The van der Waals surface area contributed by atoms with E-state index in [0.29, 0.717) is 11.7 Å². The van der Waals surface area contributed by atoms with Crippen molar-refractivity contribution in [2.45, 2.75) is 41.9 Å². The monoisotopic (exact) mass is 309 g/mol. The SMILES string of the molecule is NC1CCC(c2nc(CSc3ccc(Cl)cc3)no2)C1. The van der Waals surface area contributed by atoms with E-state index in [-0.39, 0.29) is 6.04 Å². The van der Waals surface area contributed by atoms with Crippen LogP contribution in [0.2, 0.25) is 5.02 Å². The van der Waals surface area contributed by atoms with Crippen LogP contribution >= 0.6 is 23.4 Å². The van der Waals surface area contributed by atoms with E-state index in [1.807, 2.05) is 24.3 Å². The first-order valence-corrected chi connectivity index (χ1v) is 8.03. The first-order chi connectivity index (χ1) is 9.70. The quantitative estimate of drug-likeness (QED) is 0.874. The molecule has 6 heteroatoms. The maximum Gasteiger partial charge on any atom is 0.229 e. The van der Waals surface area contributed by atoms with E-state index in [0.717, 1.165) is 40.9 Å². The normalized spacial score (nSPS) is 22.3. The van der Waals surface area contributed by atoms with Crippen molar-refractivity contribution >= 4 is 23.4 Å². The Morgan fingerprint density at radius 1 is 1.30 bits per heavy atom. The summed E-state index contributed by atoms with van der Waals surface area (Å²) in [6.07, 6.45) is 3.04. The molecule has 1 aromatic heterocycles. The molecule has 2 N–H and O–H groups in total. The molecule has 0 spiro atoms. The average Bonchev–Trinajstić information content (AvgIpc) is 3.07. The minimum atomic E-state index is 0.277. The second-order valence-corrected chi connectivity index (χ2v) is 6.55. The lowest BCUT2D eigenvalue weighted by molar-refractivity contribution is 0.350. The van der Waals surface area contributed by atoms with Gasteiger partial charge in [-0.1, -0.05) is 16.8 Å². The second kappa shape index (κ2) is 6.16. The molecule has 1 heterocycles. The molecule has 2 unspecified atom stereocenters. The van der Waals surface area contributed by atoms with Crippen LogP contribution in [0.5, 0.6) is 0 Å². The largest absolute Gasteiger partial charge is 0.339 e. The van der Waals surface area contributed by atoms with Gasteiger partial charge in [-0.2, -0.15) is 4.98 Å². The summed E-state index contributed by atoms with van der Waals surface area (Å²) >= 11 is 7.53. The van der Waals surface area contributed by atoms with Gasteiger partial charge in [-0.05, 0) is 43.5 Å². The Hall–Kier alpha value is -1.04. The number of benzene rings is 1. The number of aromatic nitrogens is 2. The van der Waals surface area contributed by atoms with Crippen molar-refractivity contribution in [3.63, 3.8) is 0 Å². The fourth-order valence-corrected chi connectivity index (χ4v) is 3.28. The Labute approximate surface area is 127 Å². The highest BCUT2D eigenvalue weighted by atomic mass is 35.5. The number of nitrogens with zero attached hydrogens (tertiary/aromatic N) is 2. The molecule has 1 aliphatic carbocycles. The molecule has 0 saturated heterocycles. The first-order valence-electron chi connectivity index (χ1n) is 6.67. The fourth-order valence-electron chi connectivity index (χ4n) is 2.41. The Kier molecular flexibility index (Phi) is 4.29. The van der Waals surface area contributed by atoms with Crippen molar-refractivity contribution in [3.8, 4) is 0 Å². The zero-order chi connectivity index (χ0) is 13.9. The predicted molar refractivity (Wildman–Crippen MR) is 79.9 cm³/mol. The van der Waals surface area contributed by atoms with Gasteiger partial charge in [-0.3, -0.25) is 0 Å². The zero-order valence-electron chi connectivity index (χ0n) is 11.0. The van der Waals surface area contributed by atoms with Crippen molar-refractivity contribution < 1.29 is 4.52 Å². The average molecular weight is 310 g/mol. The molecule has 0 amide bonds. The van der Waals surface area contributed by atoms with Crippen LogP contribution in [0, 0.1) is 0 Å². The number of hydrogen-bond acceptors (Lipinski definition) is 5. The van der Waals surface area contributed by atoms with Crippen molar-refractivity contribution in [2.24, 2.45) is 5.73 Å². The third kappa shape index (κ3) is 3.34. The predicted octanol–water partition coefficient (Wildman–Crippen LogP) is 3.61. The van der Waals surface area contributed by atoms with E-state index >= 15 is 0 Å². The molecule has 20 heavy (non-hydrogen) atoms. The lowest BCUT2D eigenvalue weighted by Gasteiger charge is -2.01. The van der Waals surface area contributed by atoms with Crippen LogP contribution in [0.4, 0.5) is 0 Å². The van der Waals surface area contributed by atoms with Gasteiger partial charge >= 0.3 is 0 Å². The molecule has 2 atom stereocenters. The third-order valence-electron chi connectivity index (χ3n) is 3.49. The fraction of sp³-hybridized carbons (Fsp3) is 0.429. The Morgan fingerprint density at radius 3 is 2.80 bits per heavy atom. The molecule has 1 saturated carbocycles. The summed E-state index contributed by atoms with van der Waals surface area (Å²) < 4.78 is 5.35. The van der Waals surface area contributed by atoms with E-state index in [1.165, 1.54) is 0 Å². The summed E-state index contributed by atoms with van der Waals surface area (Å²) in [5, 5.41) is 4.79. The molecule has 0 radical (unpaired) electrons. The van der Waals surface area contributed by atoms with Gasteiger partial charge in [0.05, 0.1) is 5.75 Å². The van der Waals surface area contributed by atoms with Crippen LogP contribution in [-0.2, 0) is 5.75 Å². The molecule has 106 valence electrons. The van der Waals surface area contributed by atoms with Crippen molar-refractivity contribution in [2.75, 3.05) is 0 Å². The van der Waals surface area contributed by atoms with Gasteiger partial charge < -0.3 is 10.3 Å². The summed E-state index contributed by atoms with van der Waals surface area (Å²) in [5.74, 6) is 2.51. The van der Waals surface area contributed by atoms with Crippen molar-refractivity contribution in [3.05, 3.63) is 41.0 Å².